The molecule has 2 aromatic rings. The van der Waals surface area contributed by atoms with Crippen molar-refractivity contribution in [3.05, 3.63) is 58.1 Å². The van der Waals surface area contributed by atoms with E-state index < -0.39 is 0 Å². The zero-order valence-corrected chi connectivity index (χ0v) is 15.7. The van der Waals surface area contributed by atoms with Crippen molar-refractivity contribution in [2.45, 2.75) is 27.2 Å². The molecule has 0 aromatic heterocycles. The number of hydrogen-bond acceptors (Lipinski definition) is 2. The van der Waals surface area contributed by atoms with Crippen LogP contribution in [0.15, 0.2) is 46.9 Å². The molecule has 0 atom stereocenters. The number of amides is 2. The monoisotopic (exact) mass is 388 g/mol. The normalized spacial score (nSPS) is 10.3. The van der Waals surface area contributed by atoms with Crippen LogP contribution in [0, 0.1) is 13.8 Å². The molecule has 24 heavy (non-hydrogen) atoms. The fourth-order valence-corrected chi connectivity index (χ4v) is 2.60. The van der Waals surface area contributed by atoms with E-state index in [9.17, 15) is 9.59 Å². The molecule has 0 aliphatic heterocycles. The zero-order valence-electron chi connectivity index (χ0n) is 14.1. The van der Waals surface area contributed by atoms with Crippen molar-refractivity contribution >= 4 is 39.1 Å². The van der Waals surface area contributed by atoms with Crippen LogP contribution in [0.4, 0.5) is 11.4 Å². The summed E-state index contributed by atoms with van der Waals surface area (Å²) in [5.41, 5.74) is 3.74. The molecule has 0 unspecified atom stereocenters. The number of carbonyl (C=O) groups excluding carboxylic acids is 2. The minimum atomic E-state index is -0.116. The Morgan fingerprint density at radius 3 is 2.33 bits per heavy atom. The van der Waals surface area contributed by atoms with Gasteiger partial charge in [-0.25, -0.2) is 0 Å². The Balaban J connectivity index is 1.98. The Morgan fingerprint density at radius 1 is 1.08 bits per heavy atom. The number of benzene rings is 2. The maximum absolute atomic E-state index is 12.2. The summed E-state index contributed by atoms with van der Waals surface area (Å²) in [5.74, 6) is -0.193. The van der Waals surface area contributed by atoms with E-state index in [1.807, 2.05) is 56.3 Å². The lowest BCUT2D eigenvalue weighted by atomic mass is 10.2. The van der Waals surface area contributed by atoms with E-state index in [4.69, 9.17) is 0 Å². The highest BCUT2D eigenvalue weighted by Gasteiger charge is 2.13. The summed E-state index contributed by atoms with van der Waals surface area (Å²) in [6.07, 6.45) is 0.239. The van der Waals surface area contributed by atoms with Gasteiger partial charge in [0.05, 0.1) is 0 Å². The van der Waals surface area contributed by atoms with E-state index in [-0.39, 0.29) is 18.2 Å². The third kappa shape index (κ3) is 4.93. The van der Waals surface area contributed by atoms with E-state index >= 15 is 0 Å². The maximum Gasteiger partial charge on any atom is 0.226 e. The number of hydrogen-bond donors (Lipinski definition) is 1. The topological polar surface area (TPSA) is 49.4 Å². The number of anilines is 2. The standard InChI is InChI=1S/C19H21BrN2O2/c1-13-4-7-17(8-5-13)22(15(3)23)11-10-19(24)21-16-6-9-18(20)14(2)12-16/h4-9,12H,10-11H2,1-3H3,(H,21,24). The Labute approximate surface area is 151 Å². The van der Waals surface area contributed by atoms with Crippen molar-refractivity contribution in [3.8, 4) is 0 Å². The first-order chi connectivity index (χ1) is 11.4. The van der Waals surface area contributed by atoms with Crippen molar-refractivity contribution < 1.29 is 9.59 Å². The molecule has 1 N–H and O–H groups in total. The van der Waals surface area contributed by atoms with Gasteiger partial charge in [-0.3, -0.25) is 9.59 Å². The third-order valence-corrected chi connectivity index (χ3v) is 4.62. The molecule has 4 nitrogen and oxygen atoms in total. The molecule has 2 aromatic carbocycles. The Hall–Kier alpha value is -2.14. The quantitative estimate of drug-likeness (QED) is 0.822. The van der Waals surface area contributed by atoms with Crippen molar-refractivity contribution in [2.75, 3.05) is 16.8 Å². The molecule has 2 rings (SSSR count). The van der Waals surface area contributed by atoms with Crippen LogP contribution in [0.25, 0.3) is 0 Å². The van der Waals surface area contributed by atoms with Gasteiger partial charge in [-0.1, -0.05) is 33.6 Å². The van der Waals surface area contributed by atoms with E-state index in [2.05, 4.69) is 21.2 Å². The number of rotatable bonds is 5. The molecule has 5 heteroatoms. The summed E-state index contributed by atoms with van der Waals surface area (Å²) in [6.45, 7) is 5.82. The van der Waals surface area contributed by atoms with Crippen LogP contribution in [0.3, 0.4) is 0 Å². The van der Waals surface area contributed by atoms with Crippen LogP contribution in [-0.2, 0) is 9.59 Å². The number of carbonyl (C=O) groups is 2. The molecule has 0 saturated carbocycles. The predicted molar refractivity (Wildman–Crippen MR) is 101 cm³/mol. The van der Waals surface area contributed by atoms with E-state index in [1.165, 1.54) is 6.92 Å². The molecule has 0 radical (unpaired) electrons. The molecule has 126 valence electrons. The van der Waals surface area contributed by atoms with Crippen LogP contribution >= 0.6 is 15.9 Å². The van der Waals surface area contributed by atoms with Gasteiger partial charge in [0.15, 0.2) is 0 Å². The van der Waals surface area contributed by atoms with Gasteiger partial charge in [0.1, 0.15) is 0 Å². The zero-order chi connectivity index (χ0) is 17.7. The molecule has 0 saturated heterocycles. The molecule has 0 heterocycles. The van der Waals surface area contributed by atoms with Crippen LogP contribution in [0.5, 0.6) is 0 Å². The SMILES string of the molecule is CC(=O)N(CCC(=O)Nc1ccc(Br)c(C)c1)c1ccc(C)cc1. The van der Waals surface area contributed by atoms with Gasteiger partial charge in [-0.2, -0.15) is 0 Å². The summed E-state index contributed by atoms with van der Waals surface area (Å²) in [7, 11) is 0. The smallest absolute Gasteiger partial charge is 0.226 e. The third-order valence-electron chi connectivity index (χ3n) is 3.73. The number of nitrogens with one attached hydrogen (secondary N) is 1. The van der Waals surface area contributed by atoms with Crippen LogP contribution in [0.1, 0.15) is 24.5 Å². The van der Waals surface area contributed by atoms with Crippen LogP contribution in [0.2, 0.25) is 0 Å². The van der Waals surface area contributed by atoms with Gasteiger partial charge in [0.2, 0.25) is 11.8 Å². The van der Waals surface area contributed by atoms with Crippen molar-refractivity contribution in [2.24, 2.45) is 0 Å². The average molecular weight is 389 g/mol. The Morgan fingerprint density at radius 2 is 1.75 bits per heavy atom. The number of nitrogens with zero attached hydrogens (tertiary/aromatic N) is 1. The van der Waals surface area contributed by atoms with Crippen LogP contribution in [-0.4, -0.2) is 18.4 Å². The molecular weight excluding hydrogens is 368 g/mol. The summed E-state index contributed by atoms with van der Waals surface area (Å²) >= 11 is 3.44. The Kier molecular flexibility index (Phi) is 6.15. The second-order valence-electron chi connectivity index (χ2n) is 5.77. The van der Waals surface area contributed by atoms with Crippen molar-refractivity contribution in [1.82, 2.24) is 0 Å². The molecule has 0 bridgehead atoms. The van der Waals surface area contributed by atoms with Crippen LogP contribution < -0.4 is 10.2 Å². The molecule has 0 spiro atoms. The highest BCUT2D eigenvalue weighted by Crippen LogP contribution is 2.20. The lowest BCUT2D eigenvalue weighted by Gasteiger charge is -2.21. The number of halogens is 1. The van der Waals surface area contributed by atoms with Gasteiger partial charge in [0, 0.05) is 35.7 Å². The van der Waals surface area contributed by atoms with Gasteiger partial charge in [0.25, 0.3) is 0 Å². The highest BCUT2D eigenvalue weighted by molar-refractivity contribution is 9.10. The fourth-order valence-electron chi connectivity index (χ4n) is 2.35. The molecule has 0 fully saturated rings. The molecule has 0 aliphatic carbocycles. The van der Waals surface area contributed by atoms with Gasteiger partial charge in [-0.05, 0) is 49.7 Å². The first-order valence-electron chi connectivity index (χ1n) is 7.77. The minimum absolute atomic E-state index is 0.0776. The van der Waals surface area contributed by atoms with Gasteiger partial charge in [-0.15, -0.1) is 0 Å². The minimum Gasteiger partial charge on any atom is -0.326 e. The lowest BCUT2D eigenvalue weighted by Crippen LogP contribution is -2.31. The largest absolute Gasteiger partial charge is 0.326 e. The summed E-state index contributed by atoms with van der Waals surface area (Å²) in [4.78, 5) is 25.6. The predicted octanol–water partition coefficient (Wildman–Crippen LogP) is 4.45. The second kappa shape index (κ2) is 8.11. The summed E-state index contributed by atoms with van der Waals surface area (Å²) in [5, 5.41) is 2.87. The van der Waals surface area contributed by atoms with Crippen molar-refractivity contribution in [1.29, 1.82) is 0 Å². The van der Waals surface area contributed by atoms with E-state index in [0.29, 0.717) is 6.54 Å². The lowest BCUT2D eigenvalue weighted by molar-refractivity contribution is -0.117. The highest BCUT2D eigenvalue weighted by atomic mass is 79.9. The van der Waals surface area contributed by atoms with Crippen molar-refractivity contribution in [3.63, 3.8) is 0 Å². The molecule has 0 aliphatic rings. The van der Waals surface area contributed by atoms with E-state index in [0.717, 1.165) is 27.0 Å². The maximum atomic E-state index is 12.2. The first-order valence-corrected chi connectivity index (χ1v) is 8.57. The molecule has 2 amide bonds. The van der Waals surface area contributed by atoms with E-state index in [1.54, 1.807) is 4.90 Å². The van der Waals surface area contributed by atoms with Gasteiger partial charge < -0.3 is 10.2 Å². The first kappa shape index (κ1) is 18.2. The molecular formula is C19H21BrN2O2. The number of aryl methyl sites for hydroxylation is 2. The Bertz CT molecular complexity index is 742. The fraction of sp³-hybridized carbons (Fsp3) is 0.263. The average Bonchev–Trinajstić information content (AvgIpc) is 2.52. The second-order valence-corrected chi connectivity index (χ2v) is 6.62. The summed E-state index contributed by atoms with van der Waals surface area (Å²) in [6, 6.07) is 13.4. The summed E-state index contributed by atoms with van der Waals surface area (Å²) < 4.78 is 1.00. The van der Waals surface area contributed by atoms with Gasteiger partial charge >= 0.3 is 0 Å².